The zero-order valence-corrected chi connectivity index (χ0v) is 22.0. The summed E-state index contributed by atoms with van der Waals surface area (Å²) >= 11 is 0. The molecule has 0 spiro atoms. The van der Waals surface area contributed by atoms with Crippen LogP contribution < -0.4 is 0 Å². The van der Waals surface area contributed by atoms with E-state index in [9.17, 15) is 0 Å². The normalized spacial score (nSPS) is 11.9. The average Bonchev–Trinajstić information content (AvgIpc) is 2.83. The summed E-state index contributed by atoms with van der Waals surface area (Å²) in [5, 5.41) is 0. The van der Waals surface area contributed by atoms with Gasteiger partial charge in [0, 0.05) is 5.54 Å². The highest BCUT2D eigenvalue weighted by Gasteiger charge is 2.32. The fraction of sp³-hybridized carbons (Fsp3) is 0.625. The molecule has 0 aliphatic carbocycles. The van der Waals surface area contributed by atoms with E-state index in [2.05, 4.69) is 86.6 Å². The lowest BCUT2D eigenvalue weighted by atomic mass is 9.79. The Labute approximate surface area is 206 Å². The second-order valence-corrected chi connectivity index (χ2v) is 10.4. The zero-order valence-electron chi connectivity index (χ0n) is 22.0. The molecule has 1 heteroatoms. The molecule has 2 aromatic carbocycles. The first kappa shape index (κ1) is 27.6. The lowest BCUT2D eigenvalue weighted by molar-refractivity contribution is 0.133. The maximum absolute atomic E-state index is 2.51. The van der Waals surface area contributed by atoms with Gasteiger partial charge in [-0.3, -0.25) is 0 Å². The van der Waals surface area contributed by atoms with Crippen molar-refractivity contribution in [2.75, 3.05) is 14.1 Å². The van der Waals surface area contributed by atoms with E-state index < -0.39 is 0 Å². The maximum Gasteiger partial charge on any atom is 0.0284 e. The molecule has 0 bridgehead atoms. The van der Waals surface area contributed by atoms with E-state index in [0.717, 1.165) is 12.8 Å². The van der Waals surface area contributed by atoms with Crippen LogP contribution in [0.25, 0.3) is 0 Å². The van der Waals surface area contributed by atoms with Crippen molar-refractivity contribution in [3.05, 3.63) is 71.8 Å². The molecule has 0 radical (unpaired) electrons. The lowest BCUT2D eigenvalue weighted by Gasteiger charge is -2.41. The smallest absolute Gasteiger partial charge is 0.0284 e. The van der Waals surface area contributed by atoms with Crippen molar-refractivity contribution < 1.29 is 0 Å². The zero-order chi connectivity index (χ0) is 23.6. The maximum atomic E-state index is 2.51. The lowest BCUT2D eigenvalue weighted by Crippen LogP contribution is -2.48. The third kappa shape index (κ3) is 11.4. The van der Waals surface area contributed by atoms with Gasteiger partial charge in [0.05, 0.1) is 0 Å². The Morgan fingerprint density at radius 1 is 0.515 bits per heavy atom. The predicted octanol–water partition coefficient (Wildman–Crippen LogP) is 9.25. The molecule has 0 saturated carbocycles. The summed E-state index contributed by atoms with van der Waals surface area (Å²) < 4.78 is 0. The van der Waals surface area contributed by atoms with Crippen LogP contribution >= 0.6 is 0 Å². The van der Waals surface area contributed by atoms with Crippen LogP contribution in [-0.2, 0) is 12.8 Å². The van der Waals surface area contributed by atoms with Crippen LogP contribution in [0.3, 0.4) is 0 Å². The molecule has 0 heterocycles. The fourth-order valence-electron chi connectivity index (χ4n) is 5.20. The van der Waals surface area contributed by atoms with Crippen LogP contribution in [0.4, 0.5) is 0 Å². The summed E-state index contributed by atoms with van der Waals surface area (Å²) in [5.41, 5.74) is 3.09. The van der Waals surface area contributed by atoms with Crippen LogP contribution in [0.15, 0.2) is 60.7 Å². The highest BCUT2D eigenvalue weighted by Crippen LogP contribution is 2.30. The molecule has 0 aliphatic rings. The molecule has 0 saturated heterocycles. The van der Waals surface area contributed by atoms with Crippen LogP contribution in [-0.4, -0.2) is 24.5 Å². The summed E-state index contributed by atoms with van der Waals surface area (Å²) in [5.74, 6) is 0. The first-order valence-electron chi connectivity index (χ1n) is 13.9. The molecule has 0 aliphatic heterocycles. The molecule has 2 rings (SSSR count). The number of likely N-dealkylation sites (N-methyl/N-ethyl adjacent to an activating group) is 1. The Balaban J connectivity index is 1.75. The highest BCUT2D eigenvalue weighted by molar-refractivity contribution is 5.23. The van der Waals surface area contributed by atoms with Gasteiger partial charge in [-0.25, -0.2) is 0 Å². The van der Waals surface area contributed by atoms with Gasteiger partial charge in [-0.15, -0.1) is 0 Å². The second kappa shape index (κ2) is 16.9. The van der Waals surface area contributed by atoms with Crippen molar-refractivity contribution >= 4 is 0 Å². The van der Waals surface area contributed by atoms with Crippen molar-refractivity contribution in [3.8, 4) is 0 Å². The SMILES string of the molecule is CCCCCCCCCCCCCCCC(Cc1ccccc1)(Cc1ccccc1)N(C)C. The Morgan fingerprint density at radius 3 is 1.24 bits per heavy atom. The molecule has 0 amide bonds. The number of nitrogens with zero attached hydrogens (tertiary/aromatic N) is 1. The van der Waals surface area contributed by atoms with Crippen LogP contribution in [0.2, 0.25) is 0 Å². The number of hydrogen-bond acceptors (Lipinski definition) is 1. The number of unbranched alkanes of at least 4 members (excludes halogenated alkanes) is 12. The number of benzene rings is 2. The molecule has 184 valence electrons. The Bertz CT molecular complexity index is 649. The van der Waals surface area contributed by atoms with Crippen LogP contribution in [0.5, 0.6) is 0 Å². The van der Waals surface area contributed by atoms with Gasteiger partial charge in [-0.1, -0.05) is 151 Å². The summed E-state index contributed by atoms with van der Waals surface area (Å²) in [7, 11) is 4.57. The quantitative estimate of drug-likeness (QED) is 0.193. The average molecular weight is 450 g/mol. The van der Waals surface area contributed by atoms with Crippen LogP contribution in [0.1, 0.15) is 108 Å². The summed E-state index contributed by atoms with van der Waals surface area (Å²) in [4.78, 5) is 2.51. The summed E-state index contributed by atoms with van der Waals surface area (Å²) in [6, 6.07) is 22.2. The van der Waals surface area contributed by atoms with E-state index in [1.807, 2.05) is 0 Å². The Kier molecular flexibility index (Phi) is 14.2. The van der Waals surface area contributed by atoms with E-state index in [0.29, 0.717) is 0 Å². The van der Waals surface area contributed by atoms with Crippen molar-refractivity contribution in [1.29, 1.82) is 0 Å². The van der Waals surface area contributed by atoms with E-state index in [-0.39, 0.29) is 5.54 Å². The molecule has 33 heavy (non-hydrogen) atoms. The summed E-state index contributed by atoms with van der Waals surface area (Å²) in [6.45, 7) is 2.30. The fourth-order valence-corrected chi connectivity index (χ4v) is 5.20. The van der Waals surface area contributed by atoms with E-state index >= 15 is 0 Å². The van der Waals surface area contributed by atoms with Crippen molar-refractivity contribution in [2.45, 2.75) is 115 Å². The Hall–Kier alpha value is -1.60. The minimum Gasteiger partial charge on any atom is -0.303 e. The van der Waals surface area contributed by atoms with Crippen molar-refractivity contribution in [1.82, 2.24) is 4.90 Å². The Morgan fingerprint density at radius 2 is 0.879 bits per heavy atom. The first-order chi connectivity index (χ1) is 16.2. The third-order valence-corrected chi connectivity index (χ3v) is 7.45. The molecule has 0 unspecified atom stereocenters. The van der Waals surface area contributed by atoms with Gasteiger partial charge < -0.3 is 4.90 Å². The summed E-state index contributed by atoms with van der Waals surface area (Å²) in [6.07, 6.45) is 21.9. The topological polar surface area (TPSA) is 3.24 Å². The van der Waals surface area contributed by atoms with E-state index in [4.69, 9.17) is 0 Å². The largest absolute Gasteiger partial charge is 0.303 e. The van der Waals surface area contributed by atoms with Gasteiger partial charge in [-0.2, -0.15) is 0 Å². The van der Waals surface area contributed by atoms with Gasteiger partial charge in [0.15, 0.2) is 0 Å². The van der Waals surface area contributed by atoms with Gasteiger partial charge >= 0.3 is 0 Å². The first-order valence-corrected chi connectivity index (χ1v) is 13.9. The molecular weight excluding hydrogens is 398 g/mol. The minimum atomic E-state index is 0.181. The molecule has 0 aromatic heterocycles. The minimum absolute atomic E-state index is 0.181. The van der Waals surface area contributed by atoms with E-state index in [1.165, 1.54) is 101 Å². The monoisotopic (exact) mass is 449 g/mol. The standard InChI is InChI=1S/C32H51N/c1-4-5-6-7-8-9-10-11-12-13-14-15-22-27-32(33(2)3,28-30-23-18-16-19-24-30)29-31-25-20-17-21-26-31/h16-21,23-26H,4-15,22,27-29H2,1-3H3. The predicted molar refractivity (Wildman–Crippen MR) is 147 cm³/mol. The molecule has 0 fully saturated rings. The van der Waals surface area contributed by atoms with Crippen LogP contribution in [0, 0.1) is 0 Å². The van der Waals surface area contributed by atoms with E-state index in [1.54, 1.807) is 0 Å². The van der Waals surface area contributed by atoms with Crippen molar-refractivity contribution in [2.24, 2.45) is 0 Å². The van der Waals surface area contributed by atoms with Gasteiger partial charge in [0.1, 0.15) is 0 Å². The number of rotatable bonds is 19. The molecular formula is C32H51N. The molecule has 2 aromatic rings. The molecule has 0 atom stereocenters. The van der Waals surface area contributed by atoms with Gasteiger partial charge in [0.2, 0.25) is 0 Å². The molecule has 0 N–H and O–H groups in total. The third-order valence-electron chi connectivity index (χ3n) is 7.45. The number of hydrogen-bond donors (Lipinski definition) is 0. The van der Waals surface area contributed by atoms with Gasteiger partial charge in [-0.05, 0) is 44.5 Å². The highest BCUT2D eigenvalue weighted by atomic mass is 15.1. The van der Waals surface area contributed by atoms with Gasteiger partial charge in [0.25, 0.3) is 0 Å². The second-order valence-electron chi connectivity index (χ2n) is 10.4. The van der Waals surface area contributed by atoms with Crippen molar-refractivity contribution in [3.63, 3.8) is 0 Å². The molecule has 1 nitrogen and oxygen atoms in total.